The molecular formula is C16H22ClN3O2S. The van der Waals surface area contributed by atoms with Gasteiger partial charge >= 0.3 is 0 Å². The largest absolute Gasteiger partial charge is 0.492 e. The number of rotatable bonds is 7. The van der Waals surface area contributed by atoms with Gasteiger partial charge in [-0.05, 0) is 31.2 Å². The molecule has 0 aliphatic carbocycles. The molecule has 1 aromatic carbocycles. The lowest BCUT2D eigenvalue weighted by molar-refractivity contribution is 0.0768. The van der Waals surface area contributed by atoms with Crippen molar-refractivity contribution in [2.75, 3.05) is 26.7 Å². The van der Waals surface area contributed by atoms with Gasteiger partial charge in [-0.1, -0.05) is 12.1 Å². The zero-order valence-corrected chi connectivity index (χ0v) is 15.0. The third-order valence-corrected chi connectivity index (χ3v) is 4.07. The van der Waals surface area contributed by atoms with Crippen molar-refractivity contribution in [1.82, 2.24) is 9.88 Å². The zero-order chi connectivity index (χ0) is 15.9. The molecule has 0 atom stereocenters. The highest BCUT2D eigenvalue weighted by Gasteiger charge is 2.15. The summed E-state index contributed by atoms with van der Waals surface area (Å²) in [5.41, 5.74) is 7.12. The lowest BCUT2D eigenvalue weighted by atomic mass is 10.2. The number of halogens is 1. The molecule has 126 valence electrons. The molecular weight excluding hydrogens is 334 g/mol. The van der Waals surface area contributed by atoms with Gasteiger partial charge in [0, 0.05) is 18.8 Å². The number of aryl methyl sites for hydroxylation is 1. The van der Waals surface area contributed by atoms with Crippen molar-refractivity contribution in [3.8, 4) is 5.75 Å². The molecule has 0 aliphatic heterocycles. The minimum Gasteiger partial charge on any atom is -0.492 e. The van der Waals surface area contributed by atoms with Gasteiger partial charge in [0.2, 0.25) is 0 Å². The first-order chi connectivity index (χ1) is 10.6. The van der Waals surface area contributed by atoms with Crippen molar-refractivity contribution in [2.45, 2.75) is 13.3 Å². The van der Waals surface area contributed by atoms with Gasteiger partial charge in [-0.15, -0.1) is 23.7 Å². The molecule has 0 saturated heterocycles. The molecule has 23 heavy (non-hydrogen) atoms. The average Bonchev–Trinajstić information content (AvgIpc) is 2.95. The summed E-state index contributed by atoms with van der Waals surface area (Å²) in [6, 6.07) is 7.85. The fourth-order valence-corrected chi connectivity index (χ4v) is 2.74. The molecule has 0 aliphatic rings. The van der Waals surface area contributed by atoms with Crippen LogP contribution in [0.2, 0.25) is 0 Å². The van der Waals surface area contributed by atoms with E-state index in [4.69, 9.17) is 10.5 Å². The Morgan fingerprint density at radius 2 is 2.22 bits per heavy atom. The smallest absolute Gasteiger partial charge is 0.273 e. The van der Waals surface area contributed by atoms with Gasteiger partial charge in [-0.2, -0.15) is 0 Å². The lowest BCUT2D eigenvalue weighted by Gasteiger charge is -2.16. The fourth-order valence-electron chi connectivity index (χ4n) is 1.95. The van der Waals surface area contributed by atoms with Crippen LogP contribution in [0.1, 0.15) is 21.1 Å². The molecule has 0 spiro atoms. The first-order valence-corrected chi connectivity index (χ1v) is 8.07. The molecule has 1 amide bonds. The van der Waals surface area contributed by atoms with Gasteiger partial charge < -0.3 is 15.4 Å². The predicted molar refractivity (Wildman–Crippen MR) is 95.8 cm³/mol. The Bertz CT molecular complexity index is 633. The lowest BCUT2D eigenvalue weighted by Crippen LogP contribution is -2.31. The predicted octanol–water partition coefficient (Wildman–Crippen LogP) is 2.53. The van der Waals surface area contributed by atoms with Crippen LogP contribution in [0, 0.1) is 6.92 Å². The average molecular weight is 356 g/mol. The highest BCUT2D eigenvalue weighted by atomic mass is 35.5. The number of likely N-dealkylation sites (N-methyl/N-ethyl adjacent to an activating group) is 1. The second-order valence-electron chi connectivity index (χ2n) is 5.06. The van der Waals surface area contributed by atoms with Crippen LogP contribution in [-0.4, -0.2) is 42.5 Å². The van der Waals surface area contributed by atoms with Crippen molar-refractivity contribution in [3.05, 3.63) is 45.9 Å². The van der Waals surface area contributed by atoms with E-state index in [1.165, 1.54) is 11.3 Å². The van der Waals surface area contributed by atoms with E-state index in [2.05, 4.69) is 4.98 Å². The van der Waals surface area contributed by atoms with Crippen molar-refractivity contribution in [2.24, 2.45) is 5.73 Å². The van der Waals surface area contributed by atoms with Gasteiger partial charge in [0.05, 0.1) is 11.6 Å². The third kappa shape index (κ3) is 5.82. The molecule has 1 heterocycles. The molecule has 7 heteroatoms. The van der Waals surface area contributed by atoms with Crippen molar-refractivity contribution in [3.63, 3.8) is 0 Å². The number of benzene rings is 1. The number of ether oxygens (including phenoxy) is 1. The second-order valence-corrected chi connectivity index (χ2v) is 6.00. The highest BCUT2D eigenvalue weighted by molar-refractivity contribution is 7.09. The Hall–Kier alpha value is -1.63. The van der Waals surface area contributed by atoms with E-state index in [0.29, 0.717) is 31.8 Å². The molecule has 2 N–H and O–H groups in total. The number of aromatic nitrogens is 1. The minimum atomic E-state index is -0.0904. The molecule has 0 fully saturated rings. The summed E-state index contributed by atoms with van der Waals surface area (Å²) in [7, 11) is 1.75. The molecule has 0 bridgehead atoms. The van der Waals surface area contributed by atoms with Crippen molar-refractivity contribution >= 4 is 29.7 Å². The number of hydrogen-bond donors (Lipinski definition) is 1. The quantitative estimate of drug-likeness (QED) is 0.828. The number of amides is 1. The molecule has 5 nitrogen and oxygen atoms in total. The SMILES string of the molecule is Cc1cccc(OCCN(C)C(=O)c2csc(CCN)n2)c1.Cl. The summed E-state index contributed by atoms with van der Waals surface area (Å²) in [6.45, 7) is 3.52. The van der Waals surface area contributed by atoms with E-state index in [1.807, 2.05) is 31.2 Å². The molecule has 1 aromatic heterocycles. The van der Waals surface area contributed by atoms with Crippen LogP contribution in [0.4, 0.5) is 0 Å². The summed E-state index contributed by atoms with van der Waals surface area (Å²) >= 11 is 1.47. The summed E-state index contributed by atoms with van der Waals surface area (Å²) in [5, 5.41) is 2.68. The van der Waals surface area contributed by atoms with Gasteiger partial charge in [0.1, 0.15) is 18.1 Å². The van der Waals surface area contributed by atoms with Crippen LogP contribution in [0.25, 0.3) is 0 Å². The number of nitrogens with zero attached hydrogens (tertiary/aromatic N) is 2. The fraction of sp³-hybridized carbons (Fsp3) is 0.375. The van der Waals surface area contributed by atoms with Crippen LogP contribution in [0.5, 0.6) is 5.75 Å². The van der Waals surface area contributed by atoms with Crippen LogP contribution < -0.4 is 10.5 Å². The topological polar surface area (TPSA) is 68.5 Å². The number of hydrogen-bond acceptors (Lipinski definition) is 5. The number of carbonyl (C=O) groups is 1. The molecule has 0 radical (unpaired) electrons. The number of nitrogens with two attached hydrogens (primary N) is 1. The van der Waals surface area contributed by atoms with Crippen LogP contribution in [0.3, 0.4) is 0 Å². The Labute approximate surface area is 146 Å². The van der Waals surface area contributed by atoms with E-state index >= 15 is 0 Å². The maximum absolute atomic E-state index is 12.2. The Kier molecular flexibility index (Phi) is 8.02. The van der Waals surface area contributed by atoms with E-state index in [1.54, 1.807) is 17.3 Å². The van der Waals surface area contributed by atoms with Gasteiger partial charge in [0.25, 0.3) is 5.91 Å². The van der Waals surface area contributed by atoms with Crippen LogP contribution in [0.15, 0.2) is 29.6 Å². The standard InChI is InChI=1S/C16H21N3O2S.ClH/c1-12-4-3-5-13(10-12)21-9-8-19(2)16(20)14-11-22-15(18-14)6-7-17;/h3-5,10-11H,6-9,17H2,1-2H3;1H. The number of thiazole rings is 1. The summed E-state index contributed by atoms with van der Waals surface area (Å²) < 4.78 is 5.66. The maximum Gasteiger partial charge on any atom is 0.273 e. The van der Waals surface area contributed by atoms with E-state index in [9.17, 15) is 4.79 Å². The first kappa shape index (κ1) is 19.4. The van der Waals surface area contributed by atoms with E-state index < -0.39 is 0 Å². The molecule has 0 saturated carbocycles. The minimum absolute atomic E-state index is 0. The summed E-state index contributed by atoms with van der Waals surface area (Å²) in [6.07, 6.45) is 0.706. The van der Waals surface area contributed by atoms with Gasteiger partial charge in [-0.25, -0.2) is 4.98 Å². The van der Waals surface area contributed by atoms with Crippen molar-refractivity contribution in [1.29, 1.82) is 0 Å². The Balaban J connectivity index is 0.00000264. The molecule has 2 aromatic rings. The Morgan fingerprint density at radius 1 is 1.43 bits per heavy atom. The Morgan fingerprint density at radius 3 is 2.91 bits per heavy atom. The molecule has 0 unspecified atom stereocenters. The van der Waals surface area contributed by atoms with E-state index in [-0.39, 0.29) is 18.3 Å². The summed E-state index contributed by atoms with van der Waals surface area (Å²) in [4.78, 5) is 18.2. The number of carbonyl (C=O) groups excluding carboxylic acids is 1. The van der Waals surface area contributed by atoms with Crippen LogP contribution in [-0.2, 0) is 6.42 Å². The van der Waals surface area contributed by atoms with Gasteiger partial charge in [-0.3, -0.25) is 4.79 Å². The van der Waals surface area contributed by atoms with E-state index in [0.717, 1.165) is 16.3 Å². The second kappa shape index (κ2) is 9.50. The normalized spacial score (nSPS) is 10.0. The monoisotopic (exact) mass is 355 g/mol. The first-order valence-electron chi connectivity index (χ1n) is 7.19. The highest BCUT2D eigenvalue weighted by Crippen LogP contribution is 2.13. The van der Waals surface area contributed by atoms with Crippen LogP contribution >= 0.6 is 23.7 Å². The van der Waals surface area contributed by atoms with Crippen molar-refractivity contribution < 1.29 is 9.53 Å². The summed E-state index contributed by atoms with van der Waals surface area (Å²) in [5.74, 6) is 0.729. The third-order valence-electron chi connectivity index (χ3n) is 3.16. The van der Waals surface area contributed by atoms with Gasteiger partial charge in [0.15, 0.2) is 0 Å². The zero-order valence-electron chi connectivity index (χ0n) is 13.3. The molecule has 2 rings (SSSR count). The maximum atomic E-state index is 12.2.